The highest BCUT2D eigenvalue weighted by atomic mass is 16.1. The molecule has 21 heavy (non-hydrogen) atoms. The first-order chi connectivity index (χ1) is 10.2. The smallest absolute Gasteiger partial charge is 0.269 e. The molecule has 5 nitrogen and oxygen atoms in total. The average molecular weight is 290 g/mol. The van der Waals surface area contributed by atoms with Crippen molar-refractivity contribution in [1.82, 2.24) is 10.3 Å². The molecule has 1 aliphatic rings. The van der Waals surface area contributed by atoms with Crippen LogP contribution < -0.4 is 16.0 Å². The molecule has 0 bridgehead atoms. The molecule has 1 aromatic heterocycles. The van der Waals surface area contributed by atoms with Crippen LogP contribution in [0.5, 0.6) is 0 Å². The Hall–Kier alpha value is -1.62. The summed E-state index contributed by atoms with van der Waals surface area (Å²) in [6.45, 7) is 6.32. The third-order valence-corrected chi connectivity index (χ3v) is 4.31. The number of aromatic nitrogens is 1. The zero-order chi connectivity index (χ0) is 15.2. The summed E-state index contributed by atoms with van der Waals surface area (Å²) < 4.78 is 0. The number of carbonyl (C=O) groups excluding carboxylic acids is 1. The van der Waals surface area contributed by atoms with Gasteiger partial charge in [-0.15, -0.1) is 0 Å². The molecule has 0 aliphatic heterocycles. The third kappa shape index (κ3) is 3.53. The number of nitrogens with one attached hydrogen (secondary N) is 1. The fourth-order valence-corrected chi connectivity index (χ4v) is 3.28. The predicted molar refractivity (Wildman–Crippen MR) is 85.4 cm³/mol. The van der Waals surface area contributed by atoms with Crippen LogP contribution >= 0.6 is 0 Å². The lowest BCUT2D eigenvalue weighted by Gasteiger charge is -2.34. The van der Waals surface area contributed by atoms with E-state index in [9.17, 15) is 4.79 Å². The van der Waals surface area contributed by atoms with Crippen LogP contribution in [0.3, 0.4) is 0 Å². The third-order valence-electron chi connectivity index (χ3n) is 4.31. The molecule has 1 aliphatic carbocycles. The van der Waals surface area contributed by atoms with E-state index >= 15 is 0 Å². The first kappa shape index (κ1) is 15.8. The molecule has 2 atom stereocenters. The fourth-order valence-electron chi connectivity index (χ4n) is 3.28. The van der Waals surface area contributed by atoms with Crippen LogP contribution in [0.25, 0.3) is 0 Å². The van der Waals surface area contributed by atoms with Gasteiger partial charge in [0.05, 0.1) is 0 Å². The highest BCUT2D eigenvalue weighted by Crippen LogP contribution is 2.32. The first-order valence-corrected chi connectivity index (χ1v) is 7.92. The van der Waals surface area contributed by atoms with Gasteiger partial charge in [-0.05, 0) is 51.3 Å². The Morgan fingerprint density at radius 2 is 2.29 bits per heavy atom. The van der Waals surface area contributed by atoms with Crippen molar-refractivity contribution >= 4 is 11.6 Å². The van der Waals surface area contributed by atoms with E-state index in [1.165, 1.54) is 19.3 Å². The summed E-state index contributed by atoms with van der Waals surface area (Å²) >= 11 is 0. The summed E-state index contributed by atoms with van der Waals surface area (Å²) in [7, 11) is 0. The van der Waals surface area contributed by atoms with Gasteiger partial charge in [-0.1, -0.05) is 6.42 Å². The fraction of sp³-hybridized carbons (Fsp3) is 0.625. The van der Waals surface area contributed by atoms with Gasteiger partial charge in [-0.25, -0.2) is 0 Å². The van der Waals surface area contributed by atoms with E-state index in [4.69, 9.17) is 5.73 Å². The quantitative estimate of drug-likeness (QED) is 0.838. The molecule has 0 radical (unpaired) electrons. The molecule has 1 fully saturated rings. The molecular formula is C16H26N4O. The van der Waals surface area contributed by atoms with E-state index in [2.05, 4.69) is 22.1 Å². The number of hydrogen-bond donors (Lipinski definition) is 2. The van der Waals surface area contributed by atoms with Crippen molar-refractivity contribution < 1.29 is 4.79 Å². The van der Waals surface area contributed by atoms with Crippen molar-refractivity contribution in [2.24, 2.45) is 11.7 Å². The van der Waals surface area contributed by atoms with Crippen LogP contribution in [0.4, 0.5) is 5.69 Å². The SMILES string of the molecule is CCNC(=O)c1cc(N(CC)C2CCCC2CN)ccn1. The van der Waals surface area contributed by atoms with Gasteiger partial charge < -0.3 is 16.0 Å². The van der Waals surface area contributed by atoms with Crippen molar-refractivity contribution in [3.8, 4) is 0 Å². The molecule has 1 heterocycles. The summed E-state index contributed by atoms with van der Waals surface area (Å²) in [6, 6.07) is 4.35. The van der Waals surface area contributed by atoms with Crippen molar-refractivity contribution in [3.05, 3.63) is 24.0 Å². The maximum Gasteiger partial charge on any atom is 0.269 e. The number of pyridine rings is 1. The standard InChI is InChI=1S/C16H26N4O/c1-3-18-16(21)14-10-13(8-9-19-14)20(4-2)15-7-5-6-12(15)11-17/h8-10,12,15H,3-7,11,17H2,1-2H3,(H,18,21). The van der Waals surface area contributed by atoms with E-state index < -0.39 is 0 Å². The lowest BCUT2D eigenvalue weighted by molar-refractivity contribution is 0.0951. The van der Waals surface area contributed by atoms with Crippen LogP contribution in [-0.2, 0) is 0 Å². The van der Waals surface area contributed by atoms with Crippen molar-refractivity contribution in [1.29, 1.82) is 0 Å². The van der Waals surface area contributed by atoms with E-state index in [1.807, 2.05) is 19.1 Å². The Morgan fingerprint density at radius 3 is 2.95 bits per heavy atom. The minimum atomic E-state index is -0.114. The second-order valence-corrected chi connectivity index (χ2v) is 5.54. The van der Waals surface area contributed by atoms with E-state index in [1.54, 1.807) is 6.20 Å². The number of nitrogens with zero attached hydrogens (tertiary/aromatic N) is 2. The topological polar surface area (TPSA) is 71.2 Å². The molecule has 0 aromatic carbocycles. The molecule has 2 rings (SSSR count). The lowest BCUT2D eigenvalue weighted by atomic mass is 10.0. The summed E-state index contributed by atoms with van der Waals surface area (Å²) in [4.78, 5) is 18.5. The molecule has 1 saturated carbocycles. The second-order valence-electron chi connectivity index (χ2n) is 5.54. The van der Waals surface area contributed by atoms with Gasteiger partial charge in [0.15, 0.2) is 0 Å². The molecular weight excluding hydrogens is 264 g/mol. The molecule has 5 heteroatoms. The maximum absolute atomic E-state index is 11.9. The highest BCUT2D eigenvalue weighted by molar-refractivity contribution is 5.93. The second kappa shape index (κ2) is 7.41. The summed E-state index contributed by atoms with van der Waals surface area (Å²) in [5, 5.41) is 2.80. The van der Waals surface area contributed by atoms with E-state index in [0.717, 1.165) is 18.8 Å². The minimum Gasteiger partial charge on any atom is -0.368 e. The Kier molecular flexibility index (Phi) is 5.56. The van der Waals surface area contributed by atoms with E-state index in [0.29, 0.717) is 24.2 Å². The maximum atomic E-state index is 11.9. The van der Waals surface area contributed by atoms with Crippen LogP contribution in [0.15, 0.2) is 18.3 Å². The van der Waals surface area contributed by atoms with Gasteiger partial charge in [0.25, 0.3) is 5.91 Å². The predicted octanol–water partition coefficient (Wildman–Crippen LogP) is 1.78. The number of anilines is 1. The van der Waals surface area contributed by atoms with Crippen LogP contribution in [-0.4, -0.2) is 36.6 Å². The number of hydrogen-bond acceptors (Lipinski definition) is 4. The highest BCUT2D eigenvalue weighted by Gasteiger charge is 2.30. The Balaban J connectivity index is 2.22. The van der Waals surface area contributed by atoms with Gasteiger partial charge in [0.2, 0.25) is 0 Å². The van der Waals surface area contributed by atoms with Crippen LogP contribution in [0.2, 0.25) is 0 Å². The molecule has 1 aromatic rings. The van der Waals surface area contributed by atoms with Gasteiger partial charge >= 0.3 is 0 Å². The molecule has 2 unspecified atom stereocenters. The zero-order valence-corrected chi connectivity index (χ0v) is 13.0. The first-order valence-electron chi connectivity index (χ1n) is 7.92. The largest absolute Gasteiger partial charge is 0.368 e. The lowest BCUT2D eigenvalue weighted by Crippen LogP contribution is -2.40. The van der Waals surface area contributed by atoms with Crippen LogP contribution in [0, 0.1) is 5.92 Å². The molecule has 3 N–H and O–H groups in total. The average Bonchev–Trinajstić information content (AvgIpc) is 2.97. The van der Waals surface area contributed by atoms with Gasteiger partial charge in [0.1, 0.15) is 5.69 Å². The van der Waals surface area contributed by atoms with Crippen molar-refractivity contribution in [3.63, 3.8) is 0 Å². The molecule has 116 valence electrons. The zero-order valence-electron chi connectivity index (χ0n) is 13.0. The van der Waals surface area contributed by atoms with Gasteiger partial charge in [-0.2, -0.15) is 0 Å². The monoisotopic (exact) mass is 290 g/mol. The minimum absolute atomic E-state index is 0.114. The number of nitrogens with two attached hydrogens (primary N) is 1. The Labute approximate surface area is 126 Å². The number of amides is 1. The molecule has 0 saturated heterocycles. The van der Waals surface area contributed by atoms with Crippen LogP contribution in [0.1, 0.15) is 43.6 Å². The van der Waals surface area contributed by atoms with Gasteiger partial charge in [-0.3, -0.25) is 9.78 Å². The van der Waals surface area contributed by atoms with Crippen molar-refractivity contribution in [2.75, 3.05) is 24.5 Å². The number of rotatable bonds is 6. The normalized spacial score (nSPS) is 21.3. The Morgan fingerprint density at radius 1 is 1.48 bits per heavy atom. The molecule has 0 spiro atoms. The summed E-state index contributed by atoms with van der Waals surface area (Å²) in [6.07, 6.45) is 5.33. The summed E-state index contributed by atoms with van der Waals surface area (Å²) in [5.74, 6) is 0.434. The Bertz CT molecular complexity index is 477. The van der Waals surface area contributed by atoms with E-state index in [-0.39, 0.29) is 5.91 Å². The summed E-state index contributed by atoms with van der Waals surface area (Å²) in [5.41, 5.74) is 7.46. The number of carbonyl (C=O) groups is 1. The van der Waals surface area contributed by atoms with Crippen molar-refractivity contribution in [2.45, 2.75) is 39.2 Å². The van der Waals surface area contributed by atoms with Gasteiger partial charge in [0, 0.05) is 31.0 Å². The molecule has 1 amide bonds.